The van der Waals surface area contributed by atoms with E-state index in [1.807, 2.05) is 6.07 Å². The van der Waals surface area contributed by atoms with Gasteiger partial charge in [-0.3, -0.25) is 0 Å². The molecule has 1 aliphatic heterocycles. The summed E-state index contributed by atoms with van der Waals surface area (Å²) in [7, 11) is 1.44. The Hall–Kier alpha value is -3.36. The average Bonchev–Trinajstić information content (AvgIpc) is 3.17. The SMILES string of the molecule is COc1cn2ncc(-c3nc(N[C@@H]4CNCC[C@H]4F)c(C#N)cc3F)c2nc1C(C)(C)O. The number of nitrogens with zero attached hydrogens (tertiary/aromatic N) is 5. The summed E-state index contributed by atoms with van der Waals surface area (Å²) in [4.78, 5) is 8.77. The van der Waals surface area contributed by atoms with Crippen LogP contribution in [0.5, 0.6) is 5.75 Å². The number of nitrogens with one attached hydrogen (secondary N) is 2. The van der Waals surface area contributed by atoms with E-state index in [-0.39, 0.29) is 34.0 Å². The van der Waals surface area contributed by atoms with Crippen molar-refractivity contribution >= 4 is 11.5 Å². The van der Waals surface area contributed by atoms with E-state index in [1.54, 1.807) is 13.8 Å². The van der Waals surface area contributed by atoms with E-state index in [9.17, 15) is 19.1 Å². The summed E-state index contributed by atoms with van der Waals surface area (Å²) in [5.41, 5.74) is -0.723. The molecule has 3 N–H and O–H groups in total. The minimum absolute atomic E-state index is 0.0349. The van der Waals surface area contributed by atoms with Gasteiger partial charge in [0, 0.05) is 6.54 Å². The average molecular weight is 443 g/mol. The van der Waals surface area contributed by atoms with Gasteiger partial charge < -0.3 is 20.5 Å². The van der Waals surface area contributed by atoms with Crippen molar-refractivity contribution in [1.29, 1.82) is 5.26 Å². The van der Waals surface area contributed by atoms with Gasteiger partial charge in [0.25, 0.3) is 0 Å². The van der Waals surface area contributed by atoms with E-state index in [2.05, 4.69) is 25.7 Å². The highest BCUT2D eigenvalue weighted by molar-refractivity contribution is 5.77. The van der Waals surface area contributed by atoms with Crippen molar-refractivity contribution in [2.24, 2.45) is 0 Å². The zero-order valence-corrected chi connectivity index (χ0v) is 17.9. The van der Waals surface area contributed by atoms with Crippen LogP contribution in [-0.2, 0) is 5.60 Å². The Bertz CT molecular complexity index is 1200. The molecule has 9 nitrogen and oxygen atoms in total. The maximum atomic E-state index is 15.0. The van der Waals surface area contributed by atoms with Gasteiger partial charge >= 0.3 is 0 Å². The predicted molar refractivity (Wildman–Crippen MR) is 112 cm³/mol. The van der Waals surface area contributed by atoms with Crippen LogP contribution >= 0.6 is 0 Å². The van der Waals surface area contributed by atoms with Crippen LogP contribution in [0.25, 0.3) is 16.9 Å². The molecule has 1 aliphatic rings. The standard InChI is InChI=1S/C21H23F2N7O2/c1-21(2,31)18-16(32-3)10-30-20(29-18)12(8-26-30)17-14(23)6-11(7-24)19(28-17)27-15-9-25-5-4-13(15)22/h6,8,10,13,15,25,31H,4-5,9H2,1-3H3,(H,27,28)/t13-,15-/m1/s1. The fourth-order valence-corrected chi connectivity index (χ4v) is 3.67. The Morgan fingerprint density at radius 2 is 2.19 bits per heavy atom. The zero-order chi connectivity index (χ0) is 23.0. The van der Waals surface area contributed by atoms with Crippen LogP contribution in [0.1, 0.15) is 31.5 Å². The molecule has 4 heterocycles. The van der Waals surface area contributed by atoms with Crippen LogP contribution in [0.3, 0.4) is 0 Å². The van der Waals surface area contributed by atoms with Crippen LogP contribution in [0.4, 0.5) is 14.6 Å². The number of halogens is 2. The first kappa shape index (κ1) is 21.9. The van der Waals surface area contributed by atoms with Gasteiger partial charge in [-0.05, 0) is 32.9 Å². The first-order valence-electron chi connectivity index (χ1n) is 10.1. The number of ether oxygens (including phenoxy) is 1. The number of methoxy groups -OCH3 is 1. The highest BCUT2D eigenvalue weighted by Gasteiger charge is 2.28. The second-order valence-corrected chi connectivity index (χ2v) is 8.13. The monoisotopic (exact) mass is 443 g/mol. The number of aromatic nitrogens is 4. The van der Waals surface area contributed by atoms with E-state index in [0.29, 0.717) is 25.3 Å². The number of rotatable bonds is 5. The first-order chi connectivity index (χ1) is 15.2. The van der Waals surface area contributed by atoms with E-state index >= 15 is 0 Å². The molecule has 4 rings (SSSR count). The lowest BCUT2D eigenvalue weighted by molar-refractivity contribution is 0.0707. The lowest BCUT2D eigenvalue weighted by atomic mass is 10.0. The second kappa shape index (κ2) is 8.29. The number of hydrogen-bond acceptors (Lipinski definition) is 8. The van der Waals surface area contributed by atoms with Crippen LogP contribution in [0.2, 0.25) is 0 Å². The van der Waals surface area contributed by atoms with Gasteiger partial charge in [0.15, 0.2) is 17.2 Å². The summed E-state index contributed by atoms with van der Waals surface area (Å²) in [6.45, 7) is 4.03. The molecule has 3 aromatic rings. The maximum absolute atomic E-state index is 15.0. The van der Waals surface area contributed by atoms with Gasteiger partial charge in [-0.1, -0.05) is 0 Å². The van der Waals surface area contributed by atoms with Crippen molar-refractivity contribution in [3.8, 4) is 23.1 Å². The predicted octanol–water partition coefficient (Wildman–Crippen LogP) is 2.15. The third kappa shape index (κ3) is 3.94. The number of fused-ring (bicyclic) bond motifs is 1. The topological polar surface area (TPSA) is 120 Å². The molecule has 32 heavy (non-hydrogen) atoms. The van der Waals surface area contributed by atoms with Crippen LogP contribution in [0.15, 0.2) is 18.5 Å². The van der Waals surface area contributed by atoms with Crippen molar-refractivity contribution in [2.45, 2.75) is 38.1 Å². The number of hydrogen-bond donors (Lipinski definition) is 3. The highest BCUT2D eigenvalue weighted by atomic mass is 19.1. The van der Waals surface area contributed by atoms with Gasteiger partial charge in [0.05, 0.1) is 36.7 Å². The van der Waals surface area contributed by atoms with Crippen molar-refractivity contribution in [1.82, 2.24) is 24.9 Å². The summed E-state index contributed by atoms with van der Waals surface area (Å²) >= 11 is 0. The minimum atomic E-state index is -1.33. The number of nitriles is 1. The van der Waals surface area contributed by atoms with E-state index in [4.69, 9.17) is 4.74 Å². The molecule has 11 heteroatoms. The molecular formula is C21H23F2N7O2. The highest BCUT2D eigenvalue weighted by Crippen LogP contribution is 2.33. The summed E-state index contributed by atoms with van der Waals surface area (Å²) in [5.74, 6) is -0.354. The zero-order valence-electron chi connectivity index (χ0n) is 17.9. The van der Waals surface area contributed by atoms with Crippen LogP contribution in [-0.4, -0.2) is 57.1 Å². The summed E-state index contributed by atoms with van der Waals surface area (Å²) in [6, 6.07) is 2.35. The van der Waals surface area contributed by atoms with Gasteiger partial charge in [-0.15, -0.1) is 0 Å². The Labute approximate surface area is 183 Å². The van der Waals surface area contributed by atoms with E-state index in [0.717, 1.165) is 6.07 Å². The lowest BCUT2D eigenvalue weighted by Crippen LogP contribution is -2.46. The molecule has 0 saturated carbocycles. The Morgan fingerprint density at radius 1 is 1.41 bits per heavy atom. The summed E-state index contributed by atoms with van der Waals surface area (Å²) < 4.78 is 36.0. The minimum Gasteiger partial charge on any atom is -0.493 e. The van der Waals surface area contributed by atoms with Gasteiger partial charge in [0.1, 0.15) is 35.0 Å². The normalized spacial score (nSPS) is 19.0. The molecule has 0 bridgehead atoms. The molecule has 0 aliphatic carbocycles. The molecule has 0 unspecified atom stereocenters. The van der Waals surface area contributed by atoms with E-state index in [1.165, 1.54) is 24.0 Å². The van der Waals surface area contributed by atoms with Crippen LogP contribution < -0.4 is 15.4 Å². The van der Waals surface area contributed by atoms with Crippen molar-refractivity contribution < 1.29 is 18.6 Å². The fourth-order valence-electron chi connectivity index (χ4n) is 3.67. The van der Waals surface area contributed by atoms with Crippen molar-refractivity contribution in [3.63, 3.8) is 0 Å². The Morgan fingerprint density at radius 3 is 2.84 bits per heavy atom. The van der Waals surface area contributed by atoms with Crippen molar-refractivity contribution in [3.05, 3.63) is 35.5 Å². The lowest BCUT2D eigenvalue weighted by Gasteiger charge is -2.28. The molecule has 0 amide bonds. The quantitative estimate of drug-likeness (QED) is 0.549. The molecule has 0 aromatic carbocycles. The smallest absolute Gasteiger partial charge is 0.165 e. The molecule has 2 atom stereocenters. The fraction of sp³-hybridized carbons (Fsp3) is 0.429. The third-order valence-electron chi connectivity index (χ3n) is 5.33. The van der Waals surface area contributed by atoms with Gasteiger partial charge in [0.2, 0.25) is 0 Å². The number of aliphatic hydroxyl groups is 1. The number of pyridine rings is 1. The Balaban J connectivity index is 1.83. The number of piperidine rings is 1. The summed E-state index contributed by atoms with van der Waals surface area (Å²) in [6.07, 6.45) is 2.12. The number of alkyl halides is 1. The summed E-state index contributed by atoms with van der Waals surface area (Å²) in [5, 5.41) is 30.1. The molecule has 0 spiro atoms. The van der Waals surface area contributed by atoms with Gasteiger partial charge in [-0.25, -0.2) is 23.3 Å². The third-order valence-corrected chi connectivity index (χ3v) is 5.33. The first-order valence-corrected chi connectivity index (χ1v) is 10.1. The maximum Gasteiger partial charge on any atom is 0.165 e. The molecule has 1 saturated heterocycles. The second-order valence-electron chi connectivity index (χ2n) is 8.13. The van der Waals surface area contributed by atoms with Crippen LogP contribution in [0, 0.1) is 17.1 Å². The van der Waals surface area contributed by atoms with Crippen molar-refractivity contribution in [2.75, 3.05) is 25.5 Å². The molecule has 3 aromatic heterocycles. The molecule has 0 radical (unpaired) electrons. The molecule has 1 fully saturated rings. The largest absolute Gasteiger partial charge is 0.493 e. The van der Waals surface area contributed by atoms with Gasteiger partial charge in [-0.2, -0.15) is 10.4 Å². The molecular weight excluding hydrogens is 420 g/mol. The Kier molecular flexibility index (Phi) is 5.66. The van der Waals surface area contributed by atoms with E-state index < -0.39 is 23.6 Å². The number of anilines is 1. The molecule has 168 valence electrons.